The van der Waals surface area contributed by atoms with Gasteiger partial charge in [0.05, 0.1) is 12.6 Å². The van der Waals surface area contributed by atoms with Crippen LogP contribution in [0.1, 0.15) is 68.3 Å². The lowest BCUT2D eigenvalue weighted by Gasteiger charge is -2.12. The minimum Gasteiger partial charge on any atom is -0.376 e. The summed E-state index contributed by atoms with van der Waals surface area (Å²) < 4.78 is 5.56. The van der Waals surface area contributed by atoms with E-state index in [9.17, 15) is 4.79 Å². The van der Waals surface area contributed by atoms with Crippen molar-refractivity contribution in [2.24, 2.45) is 4.99 Å². The van der Waals surface area contributed by atoms with Crippen LogP contribution in [0.2, 0.25) is 0 Å². The Morgan fingerprint density at radius 2 is 2.03 bits per heavy atom. The van der Waals surface area contributed by atoms with Crippen LogP contribution in [0.3, 0.4) is 0 Å². The Morgan fingerprint density at radius 3 is 2.76 bits per heavy atom. The number of guanidine groups is 1. The van der Waals surface area contributed by atoms with Gasteiger partial charge in [-0.05, 0) is 43.9 Å². The number of hydrogen-bond acceptors (Lipinski definition) is 3. The van der Waals surface area contributed by atoms with E-state index in [0.29, 0.717) is 18.7 Å². The Kier molecular flexibility index (Phi) is 13.7. The van der Waals surface area contributed by atoms with Crippen LogP contribution < -0.4 is 16.0 Å². The second-order valence-corrected chi connectivity index (χ2v) is 7.23. The van der Waals surface area contributed by atoms with Crippen molar-refractivity contribution in [2.45, 2.75) is 65.0 Å². The highest BCUT2D eigenvalue weighted by Crippen LogP contribution is 2.11. The SMILES string of the molecule is CCCCCCNC(=NCc1cccc(C(=O)NCC2CCCO2)c1)NCC.I. The second kappa shape index (κ2) is 15.5. The predicted octanol–water partition coefficient (Wildman–Crippen LogP) is 3.85. The number of carbonyl (C=O) groups is 1. The van der Waals surface area contributed by atoms with E-state index in [4.69, 9.17) is 4.74 Å². The van der Waals surface area contributed by atoms with Crippen LogP contribution in [-0.2, 0) is 11.3 Å². The van der Waals surface area contributed by atoms with Crippen molar-refractivity contribution in [3.05, 3.63) is 35.4 Å². The molecular formula is C22H37IN4O2. The molecule has 0 radical (unpaired) electrons. The van der Waals surface area contributed by atoms with Gasteiger partial charge in [-0.25, -0.2) is 4.99 Å². The summed E-state index contributed by atoms with van der Waals surface area (Å²) in [4.78, 5) is 17.0. The number of halogens is 1. The van der Waals surface area contributed by atoms with Crippen molar-refractivity contribution >= 4 is 35.8 Å². The maximum Gasteiger partial charge on any atom is 0.251 e. The van der Waals surface area contributed by atoms with E-state index >= 15 is 0 Å². The third-order valence-corrected chi connectivity index (χ3v) is 4.79. The summed E-state index contributed by atoms with van der Waals surface area (Å²) in [6, 6.07) is 7.68. The van der Waals surface area contributed by atoms with E-state index < -0.39 is 0 Å². The Hall–Kier alpha value is -1.35. The molecule has 1 aliphatic rings. The molecule has 29 heavy (non-hydrogen) atoms. The highest BCUT2D eigenvalue weighted by Gasteiger charge is 2.16. The number of unbranched alkanes of at least 4 members (excludes halogenated alkanes) is 3. The summed E-state index contributed by atoms with van der Waals surface area (Å²) in [5, 5.41) is 9.64. The molecule has 1 aromatic carbocycles. The Balaban J connectivity index is 0.00000420. The zero-order valence-corrected chi connectivity index (χ0v) is 20.2. The van der Waals surface area contributed by atoms with E-state index in [-0.39, 0.29) is 36.0 Å². The third kappa shape index (κ3) is 10.3. The molecule has 3 N–H and O–H groups in total. The molecule has 1 fully saturated rings. The van der Waals surface area contributed by atoms with E-state index in [0.717, 1.165) is 50.5 Å². The standard InChI is InChI=1S/C22H36N4O2.HI/c1-3-5-6-7-13-24-22(23-4-2)26-16-18-10-8-11-19(15-18)21(27)25-17-20-12-9-14-28-20;/h8,10-11,15,20H,3-7,9,12-14,16-17H2,1-2H3,(H,25,27)(H2,23,24,26);1H. The fourth-order valence-corrected chi connectivity index (χ4v) is 3.20. The van der Waals surface area contributed by atoms with Crippen molar-refractivity contribution in [3.8, 4) is 0 Å². The van der Waals surface area contributed by atoms with Crippen molar-refractivity contribution in [1.29, 1.82) is 0 Å². The van der Waals surface area contributed by atoms with Crippen LogP contribution in [0.5, 0.6) is 0 Å². The largest absolute Gasteiger partial charge is 0.376 e. The Morgan fingerprint density at radius 1 is 1.17 bits per heavy atom. The summed E-state index contributed by atoms with van der Waals surface area (Å²) in [6.45, 7) is 7.95. The van der Waals surface area contributed by atoms with Crippen molar-refractivity contribution < 1.29 is 9.53 Å². The molecule has 1 unspecified atom stereocenters. The number of nitrogens with zero attached hydrogens (tertiary/aromatic N) is 1. The smallest absolute Gasteiger partial charge is 0.251 e. The van der Waals surface area contributed by atoms with Crippen LogP contribution in [0.25, 0.3) is 0 Å². The minimum atomic E-state index is -0.0534. The van der Waals surface area contributed by atoms with Gasteiger partial charge in [-0.3, -0.25) is 4.79 Å². The lowest BCUT2D eigenvalue weighted by atomic mass is 10.1. The quantitative estimate of drug-likeness (QED) is 0.181. The van der Waals surface area contributed by atoms with Gasteiger partial charge in [0, 0.05) is 31.8 Å². The van der Waals surface area contributed by atoms with E-state index in [2.05, 4.69) is 34.8 Å². The number of rotatable bonds is 11. The maximum absolute atomic E-state index is 12.4. The van der Waals surface area contributed by atoms with Crippen LogP contribution in [0.15, 0.2) is 29.3 Å². The molecule has 6 nitrogen and oxygen atoms in total. The third-order valence-electron chi connectivity index (χ3n) is 4.79. The Bertz CT molecular complexity index is 619. The van der Waals surface area contributed by atoms with E-state index in [1.165, 1.54) is 19.3 Å². The first-order valence-corrected chi connectivity index (χ1v) is 10.7. The minimum absolute atomic E-state index is 0. The summed E-state index contributed by atoms with van der Waals surface area (Å²) in [5.41, 5.74) is 1.69. The Labute approximate surface area is 192 Å². The van der Waals surface area contributed by atoms with Crippen LogP contribution in [0, 0.1) is 0 Å². The molecule has 1 aliphatic heterocycles. The summed E-state index contributed by atoms with van der Waals surface area (Å²) in [7, 11) is 0. The number of amides is 1. The van der Waals surface area contributed by atoms with Gasteiger partial charge >= 0.3 is 0 Å². The lowest BCUT2D eigenvalue weighted by Crippen LogP contribution is -2.37. The highest BCUT2D eigenvalue weighted by atomic mass is 127. The molecule has 0 aliphatic carbocycles. The number of aliphatic imine (C=N–C) groups is 1. The van der Waals surface area contributed by atoms with Gasteiger partial charge in [-0.1, -0.05) is 38.3 Å². The molecule has 1 amide bonds. The molecule has 1 heterocycles. The lowest BCUT2D eigenvalue weighted by molar-refractivity contribution is 0.0857. The van der Waals surface area contributed by atoms with Gasteiger partial charge in [0.1, 0.15) is 0 Å². The molecule has 1 atom stereocenters. The zero-order chi connectivity index (χ0) is 20.0. The van der Waals surface area contributed by atoms with Crippen LogP contribution in [-0.4, -0.2) is 44.2 Å². The molecule has 2 rings (SSSR count). The number of hydrogen-bond donors (Lipinski definition) is 3. The normalized spacial score (nSPS) is 16.2. The summed E-state index contributed by atoms with van der Waals surface area (Å²) >= 11 is 0. The zero-order valence-electron chi connectivity index (χ0n) is 17.8. The molecule has 0 aromatic heterocycles. The first-order chi connectivity index (χ1) is 13.7. The van der Waals surface area contributed by atoms with Crippen LogP contribution >= 0.6 is 24.0 Å². The van der Waals surface area contributed by atoms with Gasteiger partial charge in [0.15, 0.2) is 5.96 Å². The topological polar surface area (TPSA) is 74.8 Å². The van der Waals surface area contributed by atoms with Gasteiger partial charge in [-0.15, -0.1) is 24.0 Å². The molecular weight excluding hydrogens is 479 g/mol. The first kappa shape index (κ1) is 25.7. The molecule has 0 spiro atoms. The van der Waals surface area contributed by atoms with Gasteiger partial charge in [-0.2, -0.15) is 0 Å². The van der Waals surface area contributed by atoms with Crippen molar-refractivity contribution in [2.75, 3.05) is 26.2 Å². The number of nitrogens with one attached hydrogen (secondary N) is 3. The van der Waals surface area contributed by atoms with Crippen LogP contribution in [0.4, 0.5) is 0 Å². The average Bonchev–Trinajstić information content (AvgIpc) is 3.24. The molecule has 0 bridgehead atoms. The number of benzene rings is 1. The molecule has 1 aromatic rings. The molecule has 164 valence electrons. The number of carbonyl (C=O) groups excluding carboxylic acids is 1. The van der Waals surface area contributed by atoms with E-state index in [1.54, 1.807) is 0 Å². The molecule has 0 saturated carbocycles. The first-order valence-electron chi connectivity index (χ1n) is 10.7. The predicted molar refractivity (Wildman–Crippen MR) is 130 cm³/mol. The number of ether oxygens (including phenoxy) is 1. The maximum atomic E-state index is 12.4. The van der Waals surface area contributed by atoms with Gasteiger partial charge in [0.2, 0.25) is 0 Å². The average molecular weight is 516 g/mol. The second-order valence-electron chi connectivity index (χ2n) is 7.23. The van der Waals surface area contributed by atoms with Gasteiger partial charge in [0.25, 0.3) is 5.91 Å². The molecule has 7 heteroatoms. The van der Waals surface area contributed by atoms with Crippen molar-refractivity contribution in [3.63, 3.8) is 0 Å². The summed E-state index contributed by atoms with van der Waals surface area (Å²) in [6.07, 6.45) is 7.17. The fourth-order valence-electron chi connectivity index (χ4n) is 3.20. The van der Waals surface area contributed by atoms with E-state index in [1.807, 2.05) is 24.3 Å². The highest BCUT2D eigenvalue weighted by molar-refractivity contribution is 14.0. The van der Waals surface area contributed by atoms with Gasteiger partial charge < -0.3 is 20.7 Å². The monoisotopic (exact) mass is 516 g/mol. The molecule has 1 saturated heterocycles. The van der Waals surface area contributed by atoms with Crippen molar-refractivity contribution in [1.82, 2.24) is 16.0 Å². The summed E-state index contributed by atoms with van der Waals surface area (Å²) in [5.74, 6) is 0.773. The fraction of sp³-hybridized carbons (Fsp3) is 0.636.